The number of nitrogens with zero attached hydrogens (tertiary/aromatic N) is 4. The van der Waals surface area contributed by atoms with Crippen molar-refractivity contribution in [1.29, 1.82) is 0 Å². The third-order valence-electron chi connectivity index (χ3n) is 6.31. The van der Waals surface area contributed by atoms with Crippen molar-refractivity contribution in [2.45, 2.75) is 44.6 Å². The molecule has 0 aliphatic heterocycles. The number of likely N-dealkylation sites (N-methyl/N-ethyl adjacent to an activating group) is 1. The molecular formula is C29H34FN5O4S. The molecule has 212 valence electrons. The van der Waals surface area contributed by atoms with Crippen LogP contribution in [0.4, 0.5) is 10.1 Å². The Hall–Kier alpha value is -3.67. The highest BCUT2D eigenvalue weighted by Crippen LogP contribution is 2.33. The summed E-state index contributed by atoms with van der Waals surface area (Å²) in [7, 11) is 1.94. The van der Waals surface area contributed by atoms with Gasteiger partial charge in [-0.2, -0.15) is 5.10 Å². The lowest BCUT2D eigenvalue weighted by molar-refractivity contribution is -0.115. The molecule has 2 aromatic carbocycles. The summed E-state index contributed by atoms with van der Waals surface area (Å²) < 4.78 is 43.0. The van der Waals surface area contributed by atoms with Gasteiger partial charge in [-0.25, -0.2) is 12.9 Å². The van der Waals surface area contributed by atoms with Crippen molar-refractivity contribution in [2.24, 2.45) is 0 Å². The van der Waals surface area contributed by atoms with Crippen molar-refractivity contribution >= 4 is 33.5 Å². The maximum absolute atomic E-state index is 15.4. The second kappa shape index (κ2) is 12.2. The lowest BCUT2D eigenvalue weighted by Gasteiger charge is -2.18. The fourth-order valence-electron chi connectivity index (χ4n) is 4.00. The van der Waals surface area contributed by atoms with Gasteiger partial charge in [0.15, 0.2) is 0 Å². The summed E-state index contributed by atoms with van der Waals surface area (Å²) in [6.07, 6.45) is 4.77. The largest absolute Gasteiger partial charge is 0.456 e. The van der Waals surface area contributed by atoms with Gasteiger partial charge >= 0.3 is 0 Å². The van der Waals surface area contributed by atoms with Crippen LogP contribution in [0.2, 0.25) is 0 Å². The third-order valence-corrected chi connectivity index (χ3v) is 7.72. The first-order chi connectivity index (χ1) is 19.0. The summed E-state index contributed by atoms with van der Waals surface area (Å²) in [6, 6.07) is 10.2. The Bertz CT molecular complexity index is 1550. The Kier molecular flexibility index (Phi) is 8.97. The van der Waals surface area contributed by atoms with Crippen molar-refractivity contribution < 1.29 is 22.9 Å². The SMILES string of the molecule is COCCN(C)S(=O)c1ccc2nccc(Oc3ccc(CC(=O)Nc4cnn(C(C)(C)C)c4)c(F)c3C)c2c1. The summed E-state index contributed by atoms with van der Waals surface area (Å²) in [5.74, 6) is -0.105. The number of aromatic nitrogens is 3. The number of anilines is 1. The fourth-order valence-corrected chi connectivity index (χ4v) is 5.01. The highest BCUT2D eigenvalue weighted by molar-refractivity contribution is 7.82. The molecule has 0 aliphatic carbocycles. The summed E-state index contributed by atoms with van der Waals surface area (Å²) >= 11 is 0. The molecule has 1 N–H and O–H groups in total. The normalized spacial score (nSPS) is 12.6. The Morgan fingerprint density at radius 1 is 1.18 bits per heavy atom. The second-order valence-corrected chi connectivity index (χ2v) is 12.0. The molecule has 2 heterocycles. The molecule has 4 aromatic rings. The van der Waals surface area contributed by atoms with E-state index in [2.05, 4.69) is 15.4 Å². The first-order valence-corrected chi connectivity index (χ1v) is 13.9. The first kappa shape index (κ1) is 29.3. The molecule has 0 spiro atoms. The van der Waals surface area contributed by atoms with Crippen LogP contribution in [0.25, 0.3) is 10.9 Å². The third kappa shape index (κ3) is 6.72. The molecule has 1 amide bonds. The molecule has 0 radical (unpaired) electrons. The number of benzene rings is 2. The van der Waals surface area contributed by atoms with E-state index in [1.54, 1.807) is 85.1 Å². The number of halogens is 1. The molecular weight excluding hydrogens is 533 g/mol. The van der Waals surface area contributed by atoms with Gasteiger partial charge in [0.25, 0.3) is 0 Å². The van der Waals surface area contributed by atoms with E-state index >= 15 is 4.39 Å². The average Bonchev–Trinajstić information content (AvgIpc) is 3.40. The van der Waals surface area contributed by atoms with Crippen LogP contribution in [0.3, 0.4) is 0 Å². The lowest BCUT2D eigenvalue weighted by atomic mass is 10.1. The number of methoxy groups -OCH3 is 1. The Balaban J connectivity index is 1.52. The van der Waals surface area contributed by atoms with E-state index in [4.69, 9.17) is 9.47 Å². The van der Waals surface area contributed by atoms with Gasteiger partial charge in [-0.05, 0) is 63.6 Å². The van der Waals surface area contributed by atoms with Crippen molar-refractivity contribution in [3.63, 3.8) is 0 Å². The van der Waals surface area contributed by atoms with Crippen molar-refractivity contribution in [2.75, 3.05) is 32.6 Å². The molecule has 0 bridgehead atoms. The van der Waals surface area contributed by atoms with Crippen LogP contribution in [0.5, 0.6) is 11.5 Å². The topological polar surface area (TPSA) is 98.6 Å². The van der Waals surface area contributed by atoms with Gasteiger partial charge in [-0.15, -0.1) is 0 Å². The Labute approximate surface area is 235 Å². The number of hydrogen-bond acceptors (Lipinski definition) is 6. The van der Waals surface area contributed by atoms with Gasteiger partial charge in [0, 0.05) is 44.0 Å². The Morgan fingerprint density at radius 2 is 1.95 bits per heavy atom. The summed E-state index contributed by atoms with van der Waals surface area (Å²) in [4.78, 5) is 17.6. The number of rotatable bonds is 10. The number of nitrogens with one attached hydrogen (secondary N) is 1. The smallest absolute Gasteiger partial charge is 0.228 e. The zero-order valence-corrected chi connectivity index (χ0v) is 24.3. The van der Waals surface area contributed by atoms with Crippen LogP contribution in [0.15, 0.2) is 59.9 Å². The lowest BCUT2D eigenvalue weighted by Crippen LogP contribution is -2.25. The molecule has 0 saturated carbocycles. The summed E-state index contributed by atoms with van der Waals surface area (Å²) in [5, 5.41) is 7.69. The van der Waals surface area contributed by atoms with Gasteiger partial charge in [-0.1, -0.05) is 6.07 Å². The molecule has 0 saturated heterocycles. The monoisotopic (exact) mass is 567 g/mol. The van der Waals surface area contributed by atoms with Crippen LogP contribution in [-0.2, 0) is 32.5 Å². The molecule has 4 rings (SSSR count). The molecule has 0 aliphatic rings. The van der Waals surface area contributed by atoms with Gasteiger partial charge in [0.05, 0.1) is 40.9 Å². The van der Waals surface area contributed by atoms with E-state index in [1.165, 1.54) is 0 Å². The van der Waals surface area contributed by atoms with Crippen LogP contribution in [0, 0.1) is 12.7 Å². The summed E-state index contributed by atoms with van der Waals surface area (Å²) in [6.45, 7) is 8.58. The van der Waals surface area contributed by atoms with Crippen molar-refractivity contribution in [3.05, 3.63) is 71.9 Å². The van der Waals surface area contributed by atoms with E-state index in [0.717, 1.165) is 0 Å². The van der Waals surface area contributed by atoms with Crippen molar-refractivity contribution in [1.82, 2.24) is 19.1 Å². The van der Waals surface area contributed by atoms with Crippen LogP contribution >= 0.6 is 0 Å². The molecule has 2 aromatic heterocycles. The van der Waals surface area contributed by atoms with Gasteiger partial charge in [0.1, 0.15) is 28.3 Å². The second-order valence-electron chi connectivity index (χ2n) is 10.4. The minimum Gasteiger partial charge on any atom is -0.456 e. The molecule has 1 unspecified atom stereocenters. The minimum absolute atomic E-state index is 0.141. The fraction of sp³-hybridized carbons (Fsp3) is 0.345. The van der Waals surface area contributed by atoms with E-state index in [-0.39, 0.29) is 29.0 Å². The van der Waals surface area contributed by atoms with Crippen molar-refractivity contribution in [3.8, 4) is 11.5 Å². The number of carbonyl (C=O) groups excluding carboxylic acids is 1. The van der Waals surface area contributed by atoms with E-state index in [1.807, 2.05) is 20.8 Å². The standard InChI is InChI=1S/C29H34FN5O4S/c1-19-25(10-7-20(28(19)30)15-27(36)33-21-17-32-35(18-21)29(2,3)4)39-26-11-12-31-24-9-8-22(16-23(24)26)40(37)34(5)13-14-38-6/h7-12,16-18H,13-15H2,1-6H3,(H,33,36). The van der Waals surface area contributed by atoms with Gasteiger partial charge in [0.2, 0.25) is 5.91 Å². The van der Waals surface area contributed by atoms with Crippen LogP contribution in [0.1, 0.15) is 31.9 Å². The maximum Gasteiger partial charge on any atom is 0.228 e. The maximum atomic E-state index is 15.4. The Morgan fingerprint density at radius 3 is 2.65 bits per heavy atom. The van der Waals surface area contributed by atoms with Gasteiger partial charge in [-0.3, -0.25) is 14.5 Å². The number of hydrogen-bond donors (Lipinski definition) is 1. The minimum atomic E-state index is -1.41. The first-order valence-electron chi connectivity index (χ1n) is 12.8. The van der Waals surface area contributed by atoms with E-state index < -0.39 is 16.8 Å². The van der Waals surface area contributed by atoms with Gasteiger partial charge < -0.3 is 14.8 Å². The number of pyridine rings is 1. The zero-order valence-electron chi connectivity index (χ0n) is 23.5. The van der Waals surface area contributed by atoms with Crippen LogP contribution in [-0.4, -0.2) is 56.5 Å². The number of carbonyl (C=O) groups is 1. The van der Waals surface area contributed by atoms with E-state index in [9.17, 15) is 9.00 Å². The number of fused-ring (bicyclic) bond motifs is 1. The predicted octanol–water partition coefficient (Wildman–Crippen LogP) is 5.21. The molecule has 0 fully saturated rings. The zero-order chi connectivity index (χ0) is 29.0. The van der Waals surface area contributed by atoms with Crippen LogP contribution < -0.4 is 10.1 Å². The highest BCUT2D eigenvalue weighted by Gasteiger charge is 2.18. The average molecular weight is 568 g/mol. The molecule has 9 nitrogen and oxygen atoms in total. The van der Waals surface area contributed by atoms with E-state index in [0.29, 0.717) is 46.1 Å². The molecule has 1 atom stereocenters. The molecule has 40 heavy (non-hydrogen) atoms. The summed E-state index contributed by atoms with van der Waals surface area (Å²) in [5.41, 5.74) is 1.50. The number of amides is 1. The predicted molar refractivity (Wildman–Crippen MR) is 153 cm³/mol. The quantitative estimate of drug-likeness (QED) is 0.283. The number of ether oxygens (including phenoxy) is 2. The molecule has 11 heteroatoms. The highest BCUT2D eigenvalue weighted by atomic mass is 32.2.